The van der Waals surface area contributed by atoms with E-state index in [0.717, 1.165) is 49.3 Å². The summed E-state index contributed by atoms with van der Waals surface area (Å²) < 4.78 is 8.70. The first-order valence-electron chi connectivity index (χ1n) is 6.66. The van der Waals surface area contributed by atoms with Crippen LogP contribution in [0.5, 0.6) is 0 Å². The zero-order chi connectivity index (χ0) is 13.2. The number of nitrogens with one attached hydrogen (secondary N) is 1. The molecule has 0 saturated carbocycles. The van der Waals surface area contributed by atoms with Crippen molar-refractivity contribution < 1.29 is 4.74 Å². The fraction of sp³-hybridized carbons (Fsp3) is 0.769. The molecule has 102 valence electrons. The van der Waals surface area contributed by atoms with E-state index < -0.39 is 0 Å². The van der Waals surface area contributed by atoms with Crippen molar-refractivity contribution in [1.29, 1.82) is 0 Å². The van der Waals surface area contributed by atoms with E-state index in [1.165, 1.54) is 5.69 Å². The Hall–Kier alpha value is -0.390. The molecule has 1 aliphatic rings. The van der Waals surface area contributed by atoms with Gasteiger partial charge in [0.2, 0.25) is 0 Å². The molecule has 1 saturated heterocycles. The van der Waals surface area contributed by atoms with Gasteiger partial charge in [-0.15, -0.1) is 0 Å². The average molecular weight is 316 g/mol. The van der Waals surface area contributed by atoms with Gasteiger partial charge in [-0.3, -0.25) is 4.68 Å². The fourth-order valence-corrected chi connectivity index (χ4v) is 2.99. The summed E-state index contributed by atoms with van der Waals surface area (Å²) in [5.74, 6) is 0. The number of rotatable bonds is 5. The minimum atomic E-state index is 0.106. The monoisotopic (exact) mass is 315 g/mol. The van der Waals surface area contributed by atoms with Gasteiger partial charge < -0.3 is 10.1 Å². The van der Waals surface area contributed by atoms with Crippen molar-refractivity contribution in [2.45, 2.75) is 52.2 Å². The third-order valence-electron chi connectivity index (χ3n) is 3.60. The van der Waals surface area contributed by atoms with Gasteiger partial charge in [-0.05, 0) is 42.6 Å². The Bertz CT molecular complexity index is 411. The van der Waals surface area contributed by atoms with Gasteiger partial charge in [0, 0.05) is 25.2 Å². The van der Waals surface area contributed by atoms with Gasteiger partial charge in [0.05, 0.1) is 22.5 Å². The molecule has 1 aliphatic heterocycles. The van der Waals surface area contributed by atoms with E-state index in [-0.39, 0.29) is 5.54 Å². The summed E-state index contributed by atoms with van der Waals surface area (Å²) in [5.41, 5.74) is 2.48. The summed E-state index contributed by atoms with van der Waals surface area (Å²) in [4.78, 5) is 0. The Labute approximate surface area is 117 Å². The molecule has 0 bridgehead atoms. The number of ether oxygens (including phenoxy) is 1. The Morgan fingerprint density at radius 1 is 1.50 bits per heavy atom. The molecule has 1 N–H and O–H groups in total. The van der Waals surface area contributed by atoms with Gasteiger partial charge in [-0.1, -0.05) is 6.92 Å². The maximum atomic E-state index is 5.47. The largest absolute Gasteiger partial charge is 0.379 e. The first kappa shape index (κ1) is 14.0. The highest BCUT2D eigenvalue weighted by molar-refractivity contribution is 9.10. The number of hydrogen-bond donors (Lipinski definition) is 1. The van der Waals surface area contributed by atoms with Crippen LogP contribution >= 0.6 is 15.9 Å². The lowest BCUT2D eigenvalue weighted by atomic mass is 10.0. The first-order valence-corrected chi connectivity index (χ1v) is 7.45. The van der Waals surface area contributed by atoms with Crippen molar-refractivity contribution >= 4 is 15.9 Å². The van der Waals surface area contributed by atoms with Crippen LogP contribution in [0.3, 0.4) is 0 Å². The maximum Gasteiger partial charge on any atom is 0.0767 e. The minimum Gasteiger partial charge on any atom is -0.379 e. The average Bonchev–Trinajstić information content (AvgIpc) is 2.92. The van der Waals surface area contributed by atoms with E-state index in [1.54, 1.807) is 0 Å². The van der Waals surface area contributed by atoms with Gasteiger partial charge >= 0.3 is 0 Å². The molecule has 0 aromatic carbocycles. The van der Waals surface area contributed by atoms with Crippen molar-refractivity contribution in [3.8, 4) is 0 Å². The second-order valence-electron chi connectivity index (χ2n) is 5.09. The summed E-state index contributed by atoms with van der Waals surface area (Å²) in [5, 5.41) is 8.22. The number of nitrogens with zero attached hydrogens (tertiary/aromatic N) is 2. The number of aryl methyl sites for hydroxylation is 2. The molecule has 0 aliphatic carbocycles. The van der Waals surface area contributed by atoms with E-state index in [0.29, 0.717) is 0 Å². The first-order chi connectivity index (χ1) is 8.59. The van der Waals surface area contributed by atoms with E-state index >= 15 is 0 Å². The van der Waals surface area contributed by atoms with Gasteiger partial charge in [0.1, 0.15) is 0 Å². The summed E-state index contributed by atoms with van der Waals surface area (Å²) >= 11 is 3.68. The molecule has 1 fully saturated rings. The van der Waals surface area contributed by atoms with Gasteiger partial charge in [0.15, 0.2) is 0 Å². The molecule has 5 heteroatoms. The molecule has 1 atom stereocenters. The standard InChI is InChI=1S/C13H22BrN3O/c1-4-10-12(14)11(17(5-2)16-10)8-15-13(3)6-7-18-9-13/h15H,4-9H2,1-3H3. The van der Waals surface area contributed by atoms with Crippen LogP contribution in [-0.4, -0.2) is 28.5 Å². The quantitative estimate of drug-likeness (QED) is 0.907. The normalized spacial score (nSPS) is 23.8. The molecular formula is C13H22BrN3O. The minimum absolute atomic E-state index is 0.106. The van der Waals surface area contributed by atoms with Crippen LogP contribution in [0.25, 0.3) is 0 Å². The van der Waals surface area contributed by atoms with Crippen molar-refractivity contribution in [3.63, 3.8) is 0 Å². The van der Waals surface area contributed by atoms with Crippen LogP contribution in [0, 0.1) is 0 Å². The second-order valence-corrected chi connectivity index (χ2v) is 5.89. The topological polar surface area (TPSA) is 39.1 Å². The summed E-state index contributed by atoms with van der Waals surface area (Å²) in [6.07, 6.45) is 2.03. The highest BCUT2D eigenvalue weighted by atomic mass is 79.9. The summed E-state index contributed by atoms with van der Waals surface area (Å²) in [6.45, 7) is 9.88. The summed E-state index contributed by atoms with van der Waals surface area (Å²) in [6, 6.07) is 0. The van der Waals surface area contributed by atoms with E-state index in [9.17, 15) is 0 Å². The van der Waals surface area contributed by atoms with Crippen molar-refractivity contribution in [1.82, 2.24) is 15.1 Å². The number of aromatic nitrogens is 2. The Balaban J connectivity index is 2.10. The zero-order valence-corrected chi connectivity index (χ0v) is 13.0. The van der Waals surface area contributed by atoms with Crippen LogP contribution in [0.1, 0.15) is 38.6 Å². The van der Waals surface area contributed by atoms with E-state index in [2.05, 4.69) is 51.8 Å². The lowest BCUT2D eigenvalue weighted by molar-refractivity contribution is 0.171. The van der Waals surface area contributed by atoms with E-state index in [1.807, 2.05) is 0 Å². The summed E-state index contributed by atoms with van der Waals surface area (Å²) in [7, 11) is 0. The third kappa shape index (κ3) is 2.78. The molecule has 4 nitrogen and oxygen atoms in total. The molecule has 0 amide bonds. The Kier molecular flexibility index (Phi) is 4.45. The number of halogens is 1. The molecule has 2 rings (SSSR count). The molecule has 1 unspecified atom stereocenters. The van der Waals surface area contributed by atoms with Crippen molar-refractivity contribution in [2.75, 3.05) is 13.2 Å². The second kappa shape index (κ2) is 5.72. The molecule has 0 spiro atoms. The van der Waals surface area contributed by atoms with Crippen molar-refractivity contribution in [3.05, 3.63) is 15.9 Å². The van der Waals surface area contributed by atoms with Gasteiger partial charge in [-0.2, -0.15) is 5.10 Å². The SMILES string of the molecule is CCc1nn(CC)c(CNC2(C)CCOC2)c1Br. The van der Waals surface area contributed by atoms with Crippen LogP contribution < -0.4 is 5.32 Å². The molecule has 1 aromatic heterocycles. The predicted octanol–water partition coefficient (Wildman–Crippen LogP) is 2.50. The Morgan fingerprint density at radius 2 is 2.28 bits per heavy atom. The van der Waals surface area contributed by atoms with Crippen LogP contribution in [0.2, 0.25) is 0 Å². The molecule has 18 heavy (non-hydrogen) atoms. The highest BCUT2D eigenvalue weighted by Crippen LogP contribution is 2.24. The zero-order valence-electron chi connectivity index (χ0n) is 11.4. The predicted molar refractivity (Wildman–Crippen MR) is 75.7 cm³/mol. The smallest absolute Gasteiger partial charge is 0.0767 e. The van der Waals surface area contributed by atoms with Gasteiger partial charge in [-0.25, -0.2) is 0 Å². The molecule has 1 aromatic rings. The molecule has 0 radical (unpaired) electrons. The highest BCUT2D eigenvalue weighted by Gasteiger charge is 2.29. The third-order valence-corrected chi connectivity index (χ3v) is 4.51. The fourth-order valence-electron chi connectivity index (χ4n) is 2.29. The van der Waals surface area contributed by atoms with Crippen LogP contribution in [0.4, 0.5) is 0 Å². The number of hydrogen-bond acceptors (Lipinski definition) is 3. The lowest BCUT2D eigenvalue weighted by Crippen LogP contribution is -2.42. The molecule has 2 heterocycles. The van der Waals surface area contributed by atoms with Gasteiger partial charge in [0.25, 0.3) is 0 Å². The van der Waals surface area contributed by atoms with Crippen molar-refractivity contribution in [2.24, 2.45) is 0 Å². The lowest BCUT2D eigenvalue weighted by Gasteiger charge is -2.23. The van der Waals surface area contributed by atoms with E-state index in [4.69, 9.17) is 4.74 Å². The molecular weight excluding hydrogens is 294 g/mol. The van der Waals surface area contributed by atoms with Crippen LogP contribution in [0.15, 0.2) is 4.47 Å². The van der Waals surface area contributed by atoms with Crippen LogP contribution in [-0.2, 0) is 24.2 Å². The maximum absolute atomic E-state index is 5.47. The Morgan fingerprint density at radius 3 is 2.83 bits per heavy atom.